The molecule has 3 N–H and O–H groups in total. The highest BCUT2D eigenvalue weighted by Gasteiger charge is 2.43. The Bertz CT molecular complexity index is 1030. The fourth-order valence-electron chi connectivity index (χ4n) is 2.39. The second kappa shape index (κ2) is 13.8. The highest BCUT2D eigenvalue weighted by atomic mass is 19.4. The lowest BCUT2D eigenvalue weighted by Gasteiger charge is -2.17. The lowest BCUT2D eigenvalue weighted by Crippen LogP contribution is -2.37. The summed E-state index contributed by atoms with van der Waals surface area (Å²) in [6.07, 6.45) is -12.2. The molecule has 0 fully saturated rings. The molecule has 2 aromatic rings. The average molecular weight is 556 g/mol. The molecule has 0 heterocycles. The maximum atomic E-state index is 13.4. The van der Waals surface area contributed by atoms with Gasteiger partial charge in [0.05, 0.1) is 5.56 Å². The van der Waals surface area contributed by atoms with Gasteiger partial charge >= 0.3 is 30.7 Å². The highest BCUT2D eigenvalue weighted by molar-refractivity contribution is 5.71. The quantitative estimate of drug-likeness (QED) is 0.294. The van der Waals surface area contributed by atoms with Gasteiger partial charge in [-0.15, -0.1) is 6.58 Å². The molecular weight excluding hydrogens is 536 g/mol. The van der Waals surface area contributed by atoms with E-state index in [1.165, 1.54) is 5.32 Å². The van der Waals surface area contributed by atoms with E-state index in [1.807, 2.05) is 6.92 Å². The molecule has 0 saturated carbocycles. The molecule has 0 aliphatic rings. The molecule has 208 valence electrons. The Morgan fingerprint density at radius 3 is 1.92 bits per heavy atom. The third-order valence-corrected chi connectivity index (χ3v) is 3.82. The highest BCUT2D eigenvalue weighted by Crippen LogP contribution is 2.36. The number of carbonyl (C=O) groups excluding carboxylic acids is 1. The number of hydrogen-bond donors (Lipinski definition) is 2. The second-order valence-corrected chi connectivity index (χ2v) is 7.00. The number of benzene rings is 2. The van der Waals surface area contributed by atoms with Crippen LogP contribution in [-0.4, -0.2) is 25.2 Å². The standard InChI is InChI=1S/C16H9F9.C3H5F3N2O.C3H6/c17-11-5-9(4-10(7-11)15(21,22)14(19)20)3-8-1-2-13(18)12(6-8)16(23,24)25;4-3(5,6)1-8-2(7)9;1-3-2/h1-2,4-7,14H,3H2;1H2,(H3,7,8,9);3H,1H2,2H3. The van der Waals surface area contributed by atoms with E-state index in [4.69, 9.17) is 0 Å². The lowest BCUT2D eigenvalue weighted by molar-refractivity contribution is -0.140. The third kappa shape index (κ3) is 12.4. The van der Waals surface area contributed by atoms with E-state index in [0.29, 0.717) is 18.2 Å². The average Bonchev–Trinajstić information content (AvgIpc) is 2.73. The van der Waals surface area contributed by atoms with Crippen molar-refractivity contribution in [3.8, 4) is 0 Å². The number of hydrogen-bond acceptors (Lipinski definition) is 1. The number of nitrogens with two attached hydrogens (primary N) is 1. The number of allylic oxidation sites excluding steroid dienone is 1. The summed E-state index contributed by atoms with van der Waals surface area (Å²) in [5, 5.41) is 1.40. The SMILES string of the molecule is C=CC.Fc1cc(Cc2ccc(F)c(C(F)(F)F)c2)cc(C(F)(F)C(F)F)c1.NC(=O)NCC(F)(F)F. The number of urea groups is 1. The molecule has 37 heavy (non-hydrogen) atoms. The molecule has 0 atom stereocenters. The number of carbonyl (C=O) groups is 1. The van der Waals surface area contributed by atoms with Crippen LogP contribution in [0.15, 0.2) is 49.1 Å². The topological polar surface area (TPSA) is 55.1 Å². The van der Waals surface area contributed by atoms with Gasteiger partial charge in [-0.3, -0.25) is 0 Å². The number of primary amides is 1. The fraction of sp³-hybridized carbons (Fsp3) is 0.318. The van der Waals surface area contributed by atoms with E-state index in [1.54, 1.807) is 6.08 Å². The smallest absolute Gasteiger partial charge is 0.352 e. The van der Waals surface area contributed by atoms with Gasteiger partial charge in [-0.2, -0.15) is 35.1 Å². The van der Waals surface area contributed by atoms with Crippen LogP contribution in [0, 0.1) is 11.6 Å². The normalized spacial score (nSPS) is 11.6. The monoisotopic (exact) mass is 556 g/mol. The van der Waals surface area contributed by atoms with E-state index in [-0.39, 0.29) is 17.2 Å². The first-order chi connectivity index (χ1) is 16.7. The van der Waals surface area contributed by atoms with E-state index in [0.717, 1.165) is 12.1 Å². The van der Waals surface area contributed by atoms with Gasteiger partial charge in [0, 0.05) is 5.56 Å². The van der Waals surface area contributed by atoms with Crippen LogP contribution >= 0.6 is 0 Å². The molecule has 0 saturated heterocycles. The van der Waals surface area contributed by atoms with Gasteiger partial charge in [0.15, 0.2) is 0 Å². The molecule has 0 spiro atoms. The lowest BCUT2D eigenvalue weighted by atomic mass is 9.98. The van der Waals surface area contributed by atoms with Crippen molar-refractivity contribution in [2.45, 2.75) is 38.0 Å². The van der Waals surface area contributed by atoms with Crippen molar-refractivity contribution < 1.29 is 57.5 Å². The molecule has 0 aliphatic carbocycles. The second-order valence-electron chi connectivity index (χ2n) is 7.00. The summed E-state index contributed by atoms with van der Waals surface area (Å²) < 4.78 is 149. The molecule has 0 aromatic heterocycles. The van der Waals surface area contributed by atoms with E-state index >= 15 is 0 Å². The maximum Gasteiger partial charge on any atom is 0.419 e. The summed E-state index contributed by atoms with van der Waals surface area (Å²) in [4.78, 5) is 9.66. The van der Waals surface area contributed by atoms with Crippen LogP contribution in [0.2, 0.25) is 0 Å². The van der Waals surface area contributed by atoms with E-state index < -0.39 is 66.5 Å². The third-order valence-electron chi connectivity index (χ3n) is 3.82. The van der Waals surface area contributed by atoms with Gasteiger partial charge in [0.2, 0.25) is 0 Å². The molecular formula is C22H20F12N2O. The summed E-state index contributed by atoms with van der Waals surface area (Å²) in [5.41, 5.74) is 1.08. The van der Waals surface area contributed by atoms with Gasteiger partial charge < -0.3 is 11.1 Å². The van der Waals surface area contributed by atoms with Gasteiger partial charge in [-0.1, -0.05) is 12.1 Å². The Kier molecular flexibility index (Phi) is 12.5. The molecule has 0 bridgehead atoms. The van der Waals surface area contributed by atoms with E-state index in [2.05, 4.69) is 12.3 Å². The van der Waals surface area contributed by atoms with Crippen LogP contribution in [0.4, 0.5) is 57.5 Å². The Labute approximate surface area is 202 Å². The molecule has 3 nitrogen and oxygen atoms in total. The molecule has 2 aromatic carbocycles. The summed E-state index contributed by atoms with van der Waals surface area (Å²) in [6.45, 7) is 3.88. The number of nitrogens with one attached hydrogen (secondary N) is 1. The molecule has 0 unspecified atom stereocenters. The molecule has 0 radical (unpaired) electrons. The van der Waals surface area contributed by atoms with Gasteiger partial charge in [0.1, 0.15) is 18.2 Å². The minimum absolute atomic E-state index is 0.148. The predicted octanol–water partition coefficient (Wildman–Crippen LogP) is 7.34. The van der Waals surface area contributed by atoms with Crippen molar-refractivity contribution >= 4 is 6.03 Å². The summed E-state index contributed by atoms with van der Waals surface area (Å²) in [6, 6.07) is 2.29. The first-order valence-corrected chi connectivity index (χ1v) is 9.73. The molecule has 2 amide bonds. The first-order valence-electron chi connectivity index (χ1n) is 9.73. The van der Waals surface area contributed by atoms with Crippen LogP contribution in [0.5, 0.6) is 0 Å². The maximum absolute atomic E-state index is 13.4. The van der Waals surface area contributed by atoms with Crippen molar-refractivity contribution in [1.82, 2.24) is 5.32 Å². The van der Waals surface area contributed by atoms with Crippen molar-refractivity contribution in [3.63, 3.8) is 0 Å². The van der Waals surface area contributed by atoms with Crippen molar-refractivity contribution in [1.29, 1.82) is 0 Å². The fourth-order valence-corrected chi connectivity index (χ4v) is 2.39. The zero-order chi connectivity index (χ0) is 29.2. The Morgan fingerprint density at radius 2 is 1.51 bits per heavy atom. The number of rotatable bonds is 5. The number of halogens is 12. The molecule has 0 aliphatic heterocycles. The Balaban J connectivity index is 0.000000904. The van der Waals surface area contributed by atoms with Crippen molar-refractivity contribution in [2.75, 3.05) is 6.54 Å². The van der Waals surface area contributed by atoms with Crippen LogP contribution < -0.4 is 11.1 Å². The van der Waals surface area contributed by atoms with Crippen LogP contribution in [0.1, 0.15) is 29.2 Å². The predicted molar refractivity (Wildman–Crippen MR) is 110 cm³/mol. The summed E-state index contributed by atoms with van der Waals surface area (Å²) >= 11 is 0. The van der Waals surface area contributed by atoms with Crippen LogP contribution in [0.25, 0.3) is 0 Å². The Morgan fingerprint density at radius 1 is 0.973 bits per heavy atom. The van der Waals surface area contributed by atoms with Crippen LogP contribution in [-0.2, 0) is 18.5 Å². The molecule has 2 rings (SSSR count). The zero-order valence-electron chi connectivity index (χ0n) is 18.8. The van der Waals surface area contributed by atoms with Crippen molar-refractivity contribution in [2.24, 2.45) is 5.73 Å². The van der Waals surface area contributed by atoms with Crippen LogP contribution in [0.3, 0.4) is 0 Å². The minimum Gasteiger partial charge on any atom is -0.352 e. The van der Waals surface area contributed by atoms with Crippen molar-refractivity contribution in [3.05, 3.63) is 82.9 Å². The minimum atomic E-state index is -4.98. The number of amides is 2. The van der Waals surface area contributed by atoms with E-state index in [9.17, 15) is 57.5 Å². The zero-order valence-corrected chi connectivity index (χ0v) is 18.8. The summed E-state index contributed by atoms with van der Waals surface area (Å²) in [7, 11) is 0. The van der Waals surface area contributed by atoms with Gasteiger partial charge in [-0.05, 0) is 54.8 Å². The summed E-state index contributed by atoms with van der Waals surface area (Å²) in [5.74, 6) is -7.39. The first kappa shape index (κ1) is 33.6. The van der Waals surface area contributed by atoms with Gasteiger partial charge in [0.25, 0.3) is 0 Å². The molecule has 15 heteroatoms. The largest absolute Gasteiger partial charge is 0.419 e. The Hall–Kier alpha value is -3.39. The number of alkyl halides is 10. The van der Waals surface area contributed by atoms with Gasteiger partial charge in [-0.25, -0.2) is 22.4 Å².